The molecule has 0 radical (unpaired) electrons. The molecule has 0 bridgehead atoms. The van der Waals surface area contributed by atoms with Crippen molar-refractivity contribution >= 4 is 17.2 Å². The maximum atomic E-state index is 13.7. The molecule has 1 unspecified atom stereocenters. The first-order valence-electron chi connectivity index (χ1n) is 8.14. The van der Waals surface area contributed by atoms with Gasteiger partial charge in [-0.15, -0.1) is 0 Å². The Bertz CT molecular complexity index is 684. The number of amides is 1. The molecular formula is C18H20F2N2OS. The number of likely N-dealkylation sites (tertiary alicyclic amines) is 1. The molecule has 1 N–H and O–H groups in total. The fraction of sp³-hybridized carbons (Fsp3) is 0.389. The Hall–Kier alpha value is -1.79. The van der Waals surface area contributed by atoms with Crippen LogP contribution in [0, 0.1) is 11.6 Å². The maximum absolute atomic E-state index is 13.7. The lowest BCUT2D eigenvalue weighted by atomic mass is 10.0. The molecule has 1 aromatic carbocycles. The third-order valence-electron chi connectivity index (χ3n) is 4.39. The summed E-state index contributed by atoms with van der Waals surface area (Å²) in [6.07, 6.45) is 3.54. The summed E-state index contributed by atoms with van der Waals surface area (Å²) in [5.41, 5.74) is 1.04. The van der Waals surface area contributed by atoms with Gasteiger partial charge in [0.25, 0.3) is 5.91 Å². The van der Waals surface area contributed by atoms with Gasteiger partial charge in [-0.05, 0) is 60.5 Å². The normalized spacial score (nSPS) is 16.8. The van der Waals surface area contributed by atoms with E-state index in [0.717, 1.165) is 38.1 Å². The molecule has 0 spiro atoms. The summed E-state index contributed by atoms with van der Waals surface area (Å²) >= 11 is 1.63. The van der Waals surface area contributed by atoms with Crippen LogP contribution in [0.15, 0.2) is 35.0 Å². The fourth-order valence-electron chi connectivity index (χ4n) is 3.11. The zero-order chi connectivity index (χ0) is 16.9. The maximum Gasteiger partial charge on any atom is 0.254 e. The minimum atomic E-state index is -0.836. The Morgan fingerprint density at radius 1 is 1.21 bits per heavy atom. The quantitative estimate of drug-likeness (QED) is 0.884. The van der Waals surface area contributed by atoms with Crippen LogP contribution in [0.1, 0.15) is 41.2 Å². The first-order chi connectivity index (χ1) is 11.6. The second kappa shape index (κ2) is 7.85. The van der Waals surface area contributed by atoms with Crippen LogP contribution in [-0.2, 0) is 0 Å². The molecule has 1 saturated heterocycles. The minimum Gasteiger partial charge on any atom is -0.350 e. The number of hydrogen-bond acceptors (Lipinski definition) is 3. The largest absolute Gasteiger partial charge is 0.350 e. The lowest BCUT2D eigenvalue weighted by molar-refractivity contribution is 0.0920. The van der Waals surface area contributed by atoms with E-state index in [1.165, 1.54) is 18.1 Å². The molecule has 1 aliphatic heterocycles. The molecule has 6 heteroatoms. The Morgan fingerprint density at radius 3 is 2.67 bits per heavy atom. The number of carbonyl (C=O) groups excluding carboxylic acids is 1. The van der Waals surface area contributed by atoms with Crippen molar-refractivity contribution < 1.29 is 13.6 Å². The Morgan fingerprint density at radius 2 is 2.00 bits per heavy atom. The Balaban J connectivity index is 1.70. The highest BCUT2D eigenvalue weighted by molar-refractivity contribution is 7.07. The SMILES string of the molecule is O=C(NCC(c1ccsc1)N1CCCCC1)c1ccc(F)cc1F. The van der Waals surface area contributed by atoms with Crippen LogP contribution in [0.5, 0.6) is 0 Å². The van der Waals surface area contributed by atoms with Gasteiger partial charge in [0.05, 0.1) is 11.6 Å². The van der Waals surface area contributed by atoms with Crippen LogP contribution in [-0.4, -0.2) is 30.4 Å². The fourth-order valence-corrected chi connectivity index (χ4v) is 3.82. The number of benzene rings is 1. The van der Waals surface area contributed by atoms with E-state index in [-0.39, 0.29) is 11.6 Å². The predicted octanol–water partition coefficient (Wildman–Crippen LogP) is 3.98. The molecular weight excluding hydrogens is 330 g/mol. The van der Waals surface area contributed by atoms with Crippen LogP contribution in [0.2, 0.25) is 0 Å². The van der Waals surface area contributed by atoms with Gasteiger partial charge in [0.15, 0.2) is 0 Å². The molecule has 128 valence electrons. The average molecular weight is 350 g/mol. The van der Waals surface area contributed by atoms with E-state index < -0.39 is 17.5 Å². The minimum absolute atomic E-state index is 0.0870. The van der Waals surface area contributed by atoms with E-state index in [9.17, 15) is 13.6 Å². The highest BCUT2D eigenvalue weighted by Gasteiger charge is 2.23. The third kappa shape index (κ3) is 3.99. The molecule has 0 aliphatic carbocycles. The van der Waals surface area contributed by atoms with Crippen molar-refractivity contribution in [3.63, 3.8) is 0 Å². The number of rotatable bonds is 5. The van der Waals surface area contributed by atoms with Crippen LogP contribution in [0.4, 0.5) is 8.78 Å². The van der Waals surface area contributed by atoms with Crippen LogP contribution in [0.3, 0.4) is 0 Å². The van der Waals surface area contributed by atoms with Crippen molar-refractivity contribution in [2.75, 3.05) is 19.6 Å². The molecule has 1 amide bonds. The summed E-state index contributed by atoms with van der Waals surface area (Å²) in [7, 11) is 0. The van der Waals surface area contributed by atoms with Gasteiger partial charge in [0.2, 0.25) is 0 Å². The molecule has 0 saturated carbocycles. The molecule has 24 heavy (non-hydrogen) atoms. The Labute approximate surface area is 144 Å². The summed E-state index contributed by atoms with van der Waals surface area (Å²) in [4.78, 5) is 14.6. The average Bonchev–Trinajstić information content (AvgIpc) is 3.10. The van der Waals surface area contributed by atoms with E-state index in [1.54, 1.807) is 11.3 Å². The standard InChI is InChI=1S/C18H20F2N2OS/c19-14-4-5-15(16(20)10-14)18(23)21-11-17(13-6-9-24-12-13)22-7-2-1-3-8-22/h4-6,9-10,12,17H,1-3,7-8,11H2,(H,21,23). The van der Waals surface area contributed by atoms with Crippen molar-refractivity contribution in [2.45, 2.75) is 25.3 Å². The summed E-state index contributed by atoms with van der Waals surface area (Å²) in [6.45, 7) is 2.41. The number of halogens is 2. The van der Waals surface area contributed by atoms with Crippen LogP contribution >= 0.6 is 11.3 Å². The van der Waals surface area contributed by atoms with Crippen LogP contribution in [0.25, 0.3) is 0 Å². The first-order valence-corrected chi connectivity index (χ1v) is 9.09. The van der Waals surface area contributed by atoms with Crippen molar-refractivity contribution in [3.8, 4) is 0 Å². The van der Waals surface area contributed by atoms with Gasteiger partial charge in [-0.25, -0.2) is 8.78 Å². The van der Waals surface area contributed by atoms with Gasteiger partial charge in [-0.3, -0.25) is 9.69 Å². The molecule has 1 fully saturated rings. The number of nitrogens with zero attached hydrogens (tertiary/aromatic N) is 1. The highest BCUT2D eigenvalue weighted by atomic mass is 32.1. The lowest BCUT2D eigenvalue weighted by Crippen LogP contribution is -2.40. The molecule has 1 aliphatic rings. The van der Waals surface area contributed by atoms with Gasteiger partial charge >= 0.3 is 0 Å². The second-order valence-electron chi connectivity index (χ2n) is 6.00. The monoisotopic (exact) mass is 350 g/mol. The molecule has 2 aromatic rings. The zero-order valence-electron chi connectivity index (χ0n) is 13.3. The van der Waals surface area contributed by atoms with Crippen molar-refractivity contribution in [1.82, 2.24) is 10.2 Å². The summed E-state index contributed by atoms with van der Waals surface area (Å²) in [5.74, 6) is -2.03. The molecule has 1 aromatic heterocycles. The summed E-state index contributed by atoms with van der Waals surface area (Å²) in [6, 6.07) is 5.16. The van der Waals surface area contributed by atoms with E-state index in [1.807, 2.05) is 5.38 Å². The van der Waals surface area contributed by atoms with Crippen molar-refractivity contribution in [2.24, 2.45) is 0 Å². The first kappa shape index (κ1) is 17.0. The van der Waals surface area contributed by atoms with Gasteiger partial charge in [0.1, 0.15) is 11.6 Å². The van der Waals surface area contributed by atoms with Crippen molar-refractivity contribution in [3.05, 3.63) is 57.8 Å². The summed E-state index contributed by atoms with van der Waals surface area (Å²) < 4.78 is 26.7. The smallest absolute Gasteiger partial charge is 0.254 e. The van der Waals surface area contributed by atoms with Gasteiger partial charge in [-0.2, -0.15) is 11.3 Å². The molecule has 1 atom stereocenters. The number of hydrogen-bond donors (Lipinski definition) is 1. The second-order valence-corrected chi connectivity index (χ2v) is 6.78. The van der Waals surface area contributed by atoms with E-state index in [4.69, 9.17) is 0 Å². The molecule has 3 nitrogen and oxygen atoms in total. The number of nitrogens with one attached hydrogen (secondary N) is 1. The zero-order valence-corrected chi connectivity index (χ0v) is 14.1. The van der Waals surface area contributed by atoms with Crippen molar-refractivity contribution in [1.29, 1.82) is 0 Å². The van der Waals surface area contributed by atoms with E-state index >= 15 is 0 Å². The number of thiophene rings is 1. The third-order valence-corrected chi connectivity index (χ3v) is 5.09. The highest BCUT2D eigenvalue weighted by Crippen LogP contribution is 2.26. The lowest BCUT2D eigenvalue weighted by Gasteiger charge is -2.34. The summed E-state index contributed by atoms with van der Waals surface area (Å²) in [5, 5.41) is 6.92. The van der Waals surface area contributed by atoms with Crippen LogP contribution < -0.4 is 5.32 Å². The topological polar surface area (TPSA) is 32.3 Å². The van der Waals surface area contributed by atoms with Gasteiger partial charge in [-0.1, -0.05) is 6.42 Å². The van der Waals surface area contributed by atoms with Gasteiger partial charge in [0, 0.05) is 12.6 Å². The molecule has 2 heterocycles. The van der Waals surface area contributed by atoms with E-state index in [0.29, 0.717) is 6.54 Å². The number of carbonyl (C=O) groups is 1. The number of piperidine rings is 1. The molecule has 3 rings (SSSR count). The van der Waals surface area contributed by atoms with E-state index in [2.05, 4.69) is 21.7 Å². The van der Waals surface area contributed by atoms with Gasteiger partial charge < -0.3 is 5.32 Å². The Kier molecular flexibility index (Phi) is 5.58. The predicted molar refractivity (Wildman–Crippen MR) is 91.2 cm³/mol.